The van der Waals surface area contributed by atoms with E-state index in [-0.39, 0.29) is 0 Å². The van der Waals surface area contributed by atoms with Gasteiger partial charge in [-0.1, -0.05) is 0 Å². The molecule has 0 radical (unpaired) electrons. The van der Waals surface area contributed by atoms with Crippen molar-refractivity contribution in [2.24, 2.45) is 0 Å². The van der Waals surface area contributed by atoms with Gasteiger partial charge in [-0.2, -0.15) is 10.2 Å². The lowest BCUT2D eigenvalue weighted by molar-refractivity contribution is 0.570. The minimum absolute atomic E-state index is 0.316. The molecular formula is C11H12BrN3S. The number of nitrogens with zero attached hydrogens (tertiary/aromatic N) is 2. The molecule has 1 atom stereocenters. The highest BCUT2D eigenvalue weighted by Gasteiger charge is 2.10. The van der Waals surface area contributed by atoms with E-state index in [0.29, 0.717) is 6.04 Å². The molecule has 2 aromatic rings. The van der Waals surface area contributed by atoms with Gasteiger partial charge in [0.25, 0.3) is 0 Å². The monoisotopic (exact) mass is 297 g/mol. The van der Waals surface area contributed by atoms with E-state index in [9.17, 15) is 0 Å². The standard InChI is InChI=1S/C11H12BrN3S/c1-8(11-10(12)4-6-16-11)13-7-9-3-2-5-14-15-9/h2-6,8,13H,7H2,1H3. The van der Waals surface area contributed by atoms with Crippen LogP contribution in [0.15, 0.2) is 34.2 Å². The maximum atomic E-state index is 4.03. The van der Waals surface area contributed by atoms with Crippen LogP contribution >= 0.6 is 27.3 Å². The molecule has 2 aromatic heterocycles. The van der Waals surface area contributed by atoms with Crippen molar-refractivity contribution in [1.29, 1.82) is 0 Å². The van der Waals surface area contributed by atoms with Crippen molar-refractivity contribution in [3.63, 3.8) is 0 Å². The summed E-state index contributed by atoms with van der Waals surface area (Å²) in [7, 11) is 0. The second-order valence-electron chi connectivity index (χ2n) is 3.45. The molecule has 0 saturated carbocycles. The number of thiophene rings is 1. The fourth-order valence-corrected chi connectivity index (χ4v) is 3.14. The summed E-state index contributed by atoms with van der Waals surface area (Å²) in [6.07, 6.45) is 1.68. The SMILES string of the molecule is CC(NCc1cccnn1)c1sccc1Br. The Morgan fingerprint density at radius 3 is 3.00 bits per heavy atom. The number of hydrogen-bond donors (Lipinski definition) is 1. The van der Waals surface area contributed by atoms with Crippen LogP contribution in [-0.2, 0) is 6.54 Å². The van der Waals surface area contributed by atoms with Gasteiger partial charge in [0.15, 0.2) is 0 Å². The van der Waals surface area contributed by atoms with Crippen LogP contribution in [-0.4, -0.2) is 10.2 Å². The molecule has 0 aliphatic rings. The van der Waals surface area contributed by atoms with Gasteiger partial charge in [-0.3, -0.25) is 0 Å². The molecule has 2 rings (SSSR count). The van der Waals surface area contributed by atoms with E-state index < -0.39 is 0 Å². The minimum atomic E-state index is 0.316. The predicted octanol–water partition coefficient (Wildman–Crippen LogP) is 3.15. The zero-order chi connectivity index (χ0) is 11.4. The average Bonchev–Trinajstić information content (AvgIpc) is 2.74. The molecular weight excluding hydrogens is 286 g/mol. The second-order valence-corrected chi connectivity index (χ2v) is 5.25. The molecule has 0 aromatic carbocycles. The first-order valence-corrected chi connectivity index (χ1v) is 6.67. The van der Waals surface area contributed by atoms with Crippen molar-refractivity contribution in [1.82, 2.24) is 15.5 Å². The van der Waals surface area contributed by atoms with E-state index in [1.165, 1.54) is 4.88 Å². The fourth-order valence-electron chi connectivity index (χ4n) is 1.39. The van der Waals surface area contributed by atoms with E-state index in [1.54, 1.807) is 17.5 Å². The third kappa shape index (κ3) is 2.87. The number of nitrogens with one attached hydrogen (secondary N) is 1. The van der Waals surface area contributed by atoms with Crippen molar-refractivity contribution in [3.05, 3.63) is 44.8 Å². The summed E-state index contributed by atoms with van der Waals surface area (Å²) < 4.78 is 1.16. The van der Waals surface area contributed by atoms with Gasteiger partial charge < -0.3 is 5.32 Å². The Labute approximate surface area is 107 Å². The molecule has 0 aliphatic heterocycles. The summed E-state index contributed by atoms with van der Waals surface area (Å²) in [5, 5.41) is 13.4. The predicted molar refractivity (Wildman–Crippen MR) is 69.3 cm³/mol. The molecule has 1 N–H and O–H groups in total. The molecule has 5 heteroatoms. The molecule has 0 aliphatic carbocycles. The largest absolute Gasteiger partial charge is 0.304 e. The van der Waals surface area contributed by atoms with Gasteiger partial charge in [0.1, 0.15) is 0 Å². The Morgan fingerprint density at radius 1 is 1.50 bits per heavy atom. The van der Waals surface area contributed by atoms with Gasteiger partial charge in [-0.15, -0.1) is 11.3 Å². The normalized spacial score (nSPS) is 12.6. The number of aromatic nitrogens is 2. The summed E-state index contributed by atoms with van der Waals surface area (Å²) in [4.78, 5) is 1.31. The zero-order valence-electron chi connectivity index (χ0n) is 8.85. The van der Waals surface area contributed by atoms with Crippen molar-refractivity contribution < 1.29 is 0 Å². The molecule has 0 spiro atoms. The van der Waals surface area contributed by atoms with Crippen LogP contribution in [0.4, 0.5) is 0 Å². The molecule has 1 unspecified atom stereocenters. The second kappa shape index (κ2) is 5.52. The summed E-state index contributed by atoms with van der Waals surface area (Å²) in [5.74, 6) is 0. The van der Waals surface area contributed by atoms with Crippen LogP contribution in [0.1, 0.15) is 23.5 Å². The average molecular weight is 298 g/mol. The third-order valence-electron chi connectivity index (χ3n) is 2.25. The summed E-state index contributed by atoms with van der Waals surface area (Å²) in [5.41, 5.74) is 0.960. The van der Waals surface area contributed by atoms with Gasteiger partial charge in [0.2, 0.25) is 0 Å². The maximum Gasteiger partial charge on any atom is 0.0769 e. The van der Waals surface area contributed by atoms with Crippen LogP contribution in [0.2, 0.25) is 0 Å². The number of hydrogen-bond acceptors (Lipinski definition) is 4. The van der Waals surface area contributed by atoms with Gasteiger partial charge in [0.05, 0.1) is 5.69 Å². The van der Waals surface area contributed by atoms with Crippen molar-refractivity contribution in [2.45, 2.75) is 19.5 Å². The lowest BCUT2D eigenvalue weighted by Gasteiger charge is -2.12. The van der Waals surface area contributed by atoms with Gasteiger partial charge in [-0.25, -0.2) is 0 Å². The van der Waals surface area contributed by atoms with Crippen LogP contribution in [0, 0.1) is 0 Å². The quantitative estimate of drug-likeness (QED) is 0.942. The highest BCUT2D eigenvalue weighted by atomic mass is 79.9. The summed E-state index contributed by atoms with van der Waals surface area (Å²) in [6, 6.07) is 6.25. The van der Waals surface area contributed by atoms with E-state index in [4.69, 9.17) is 0 Å². The first-order chi connectivity index (χ1) is 7.77. The molecule has 84 valence electrons. The topological polar surface area (TPSA) is 37.8 Å². The highest BCUT2D eigenvalue weighted by Crippen LogP contribution is 2.28. The Morgan fingerprint density at radius 2 is 2.38 bits per heavy atom. The molecule has 16 heavy (non-hydrogen) atoms. The number of halogens is 1. The lowest BCUT2D eigenvalue weighted by Crippen LogP contribution is -2.18. The molecule has 0 saturated heterocycles. The molecule has 0 amide bonds. The van der Waals surface area contributed by atoms with Crippen molar-refractivity contribution in [2.75, 3.05) is 0 Å². The lowest BCUT2D eigenvalue weighted by atomic mass is 10.2. The highest BCUT2D eigenvalue weighted by molar-refractivity contribution is 9.10. The van der Waals surface area contributed by atoms with E-state index in [1.807, 2.05) is 12.1 Å². The smallest absolute Gasteiger partial charge is 0.0769 e. The molecule has 2 heterocycles. The number of rotatable bonds is 4. The summed E-state index contributed by atoms with van der Waals surface area (Å²) in [6.45, 7) is 2.88. The van der Waals surface area contributed by atoms with Gasteiger partial charge in [0, 0.05) is 28.1 Å². The molecule has 3 nitrogen and oxygen atoms in total. The van der Waals surface area contributed by atoms with E-state index in [0.717, 1.165) is 16.7 Å². The maximum absolute atomic E-state index is 4.03. The zero-order valence-corrected chi connectivity index (χ0v) is 11.3. The fraction of sp³-hybridized carbons (Fsp3) is 0.273. The summed E-state index contributed by atoms with van der Waals surface area (Å²) >= 11 is 5.28. The Balaban J connectivity index is 1.94. The van der Waals surface area contributed by atoms with Crippen LogP contribution in [0.3, 0.4) is 0 Å². The third-order valence-corrected chi connectivity index (χ3v) is 4.31. The molecule has 0 bridgehead atoms. The Bertz CT molecular complexity index is 444. The first-order valence-electron chi connectivity index (χ1n) is 5.00. The van der Waals surface area contributed by atoms with Crippen LogP contribution in [0.25, 0.3) is 0 Å². The van der Waals surface area contributed by atoms with Crippen molar-refractivity contribution >= 4 is 27.3 Å². The van der Waals surface area contributed by atoms with Crippen LogP contribution < -0.4 is 5.32 Å². The minimum Gasteiger partial charge on any atom is -0.304 e. The van der Waals surface area contributed by atoms with E-state index >= 15 is 0 Å². The first kappa shape index (κ1) is 11.7. The Hall–Kier alpha value is -0.780. The molecule has 0 fully saturated rings. The van der Waals surface area contributed by atoms with Crippen LogP contribution in [0.5, 0.6) is 0 Å². The Kier molecular flexibility index (Phi) is 4.04. The van der Waals surface area contributed by atoms with E-state index in [2.05, 4.69) is 49.8 Å². The van der Waals surface area contributed by atoms with Crippen molar-refractivity contribution in [3.8, 4) is 0 Å². The van der Waals surface area contributed by atoms with Gasteiger partial charge >= 0.3 is 0 Å². The van der Waals surface area contributed by atoms with Gasteiger partial charge in [-0.05, 0) is 46.4 Å².